The minimum Gasteiger partial charge on any atom is -0.482 e. The van der Waals surface area contributed by atoms with Crippen molar-refractivity contribution in [3.8, 4) is 28.3 Å². The predicted molar refractivity (Wildman–Crippen MR) is 115 cm³/mol. The average molecular weight is 420 g/mol. The number of anilines is 1. The van der Waals surface area contributed by atoms with Gasteiger partial charge in [0.2, 0.25) is 11.7 Å². The van der Waals surface area contributed by atoms with Crippen LogP contribution in [0.3, 0.4) is 0 Å². The fraction of sp³-hybridized carbons (Fsp3) is 0.0870. The second kappa shape index (κ2) is 8.80. The van der Waals surface area contributed by atoms with Crippen LogP contribution in [0.25, 0.3) is 22.5 Å². The Balaban J connectivity index is 1.42. The summed E-state index contributed by atoms with van der Waals surface area (Å²) in [7, 11) is 0. The highest BCUT2D eigenvalue weighted by Gasteiger charge is 2.14. The predicted octanol–water partition coefficient (Wildman–Crippen LogP) is 5.38. The summed E-state index contributed by atoms with van der Waals surface area (Å²) < 4.78 is 10.6. The normalized spacial score (nSPS) is 10.6. The minimum absolute atomic E-state index is 0.190. The molecule has 1 amide bonds. The number of nitrogens with zero attached hydrogens (tertiary/aromatic N) is 2. The zero-order chi connectivity index (χ0) is 20.9. The summed E-state index contributed by atoms with van der Waals surface area (Å²) in [6.45, 7) is 1.52. The number of carbonyl (C=O) groups excluding carboxylic acids is 1. The highest BCUT2D eigenvalue weighted by atomic mass is 35.5. The van der Waals surface area contributed by atoms with E-state index < -0.39 is 0 Å². The Labute approximate surface area is 178 Å². The van der Waals surface area contributed by atoms with E-state index in [0.717, 1.165) is 11.1 Å². The van der Waals surface area contributed by atoms with E-state index in [4.69, 9.17) is 20.9 Å². The molecule has 3 aromatic carbocycles. The van der Waals surface area contributed by atoms with Gasteiger partial charge in [-0.25, -0.2) is 0 Å². The number of ether oxygens (including phenoxy) is 1. The van der Waals surface area contributed by atoms with Crippen LogP contribution in [0.4, 0.5) is 5.69 Å². The van der Waals surface area contributed by atoms with Gasteiger partial charge in [-0.3, -0.25) is 4.79 Å². The molecule has 1 heterocycles. The van der Waals surface area contributed by atoms with E-state index in [1.165, 1.54) is 0 Å². The van der Waals surface area contributed by atoms with Gasteiger partial charge in [0, 0.05) is 12.5 Å². The molecule has 30 heavy (non-hydrogen) atoms. The number of aryl methyl sites for hydroxylation is 1. The van der Waals surface area contributed by atoms with Gasteiger partial charge in [-0.15, -0.1) is 0 Å². The summed E-state index contributed by atoms with van der Waals surface area (Å²) in [5, 5.41) is 7.16. The Morgan fingerprint density at radius 2 is 1.80 bits per heavy atom. The monoisotopic (exact) mass is 419 g/mol. The lowest BCUT2D eigenvalue weighted by Gasteiger charge is -2.11. The summed E-state index contributed by atoms with van der Waals surface area (Å²) in [6.07, 6.45) is 0. The second-order valence-electron chi connectivity index (χ2n) is 6.53. The number of carbonyl (C=O) groups is 1. The van der Waals surface area contributed by atoms with E-state index in [0.29, 0.717) is 33.7 Å². The molecule has 4 rings (SSSR count). The first-order valence-corrected chi connectivity index (χ1v) is 9.65. The molecule has 0 bridgehead atoms. The molecule has 0 fully saturated rings. The maximum atomic E-state index is 12.4. The zero-order valence-electron chi connectivity index (χ0n) is 16.1. The van der Waals surface area contributed by atoms with Crippen molar-refractivity contribution in [1.82, 2.24) is 10.1 Å². The van der Waals surface area contributed by atoms with E-state index in [-0.39, 0.29) is 12.5 Å². The number of amides is 1. The van der Waals surface area contributed by atoms with Crippen molar-refractivity contribution in [2.75, 3.05) is 11.9 Å². The Hall–Kier alpha value is -3.64. The van der Waals surface area contributed by atoms with Crippen molar-refractivity contribution in [3.63, 3.8) is 0 Å². The maximum absolute atomic E-state index is 12.4. The summed E-state index contributed by atoms with van der Waals surface area (Å²) in [6, 6.07) is 22.6. The van der Waals surface area contributed by atoms with Gasteiger partial charge in [-0.2, -0.15) is 4.98 Å². The summed E-state index contributed by atoms with van der Waals surface area (Å²) in [5.41, 5.74) is 3.25. The molecule has 1 N–H and O–H groups in total. The molecule has 0 aliphatic heterocycles. The molecular weight excluding hydrogens is 402 g/mol. The molecular formula is C23H18ClN3O3. The number of halogens is 1. The lowest BCUT2D eigenvalue weighted by molar-refractivity contribution is -0.118. The highest BCUT2D eigenvalue weighted by Crippen LogP contribution is 2.30. The van der Waals surface area contributed by atoms with Crippen LogP contribution >= 0.6 is 11.6 Å². The fourth-order valence-corrected chi connectivity index (χ4v) is 3.19. The number of benzene rings is 3. The van der Waals surface area contributed by atoms with Gasteiger partial charge in [0.15, 0.2) is 6.61 Å². The lowest BCUT2D eigenvalue weighted by Crippen LogP contribution is -2.20. The number of hydrogen-bond donors (Lipinski definition) is 1. The van der Waals surface area contributed by atoms with Crippen LogP contribution < -0.4 is 10.1 Å². The standard InChI is InChI=1S/C23H18ClN3O3/c1-15-25-23(27-30-15)18-9-5-6-10-20(18)26-22(28)14-29-21-12-11-17(13-19(21)24)16-7-3-2-4-8-16/h2-13H,14H2,1H3,(H,26,28). The van der Waals surface area contributed by atoms with E-state index in [1.807, 2.05) is 54.6 Å². The highest BCUT2D eigenvalue weighted by molar-refractivity contribution is 6.32. The Kier molecular flexibility index (Phi) is 5.77. The number of rotatable bonds is 6. The van der Waals surface area contributed by atoms with Crippen molar-refractivity contribution in [2.24, 2.45) is 0 Å². The first-order valence-electron chi connectivity index (χ1n) is 9.27. The number of nitrogens with one attached hydrogen (secondary N) is 1. The fourth-order valence-electron chi connectivity index (χ4n) is 2.95. The van der Waals surface area contributed by atoms with E-state index in [2.05, 4.69) is 15.5 Å². The smallest absolute Gasteiger partial charge is 0.262 e. The van der Waals surface area contributed by atoms with Crippen LogP contribution in [0.5, 0.6) is 5.75 Å². The van der Waals surface area contributed by atoms with Gasteiger partial charge in [-0.1, -0.05) is 65.3 Å². The van der Waals surface area contributed by atoms with Crippen LogP contribution in [-0.2, 0) is 4.79 Å². The summed E-state index contributed by atoms with van der Waals surface area (Å²) in [5.74, 6) is 0.964. The van der Waals surface area contributed by atoms with Gasteiger partial charge >= 0.3 is 0 Å². The van der Waals surface area contributed by atoms with Crippen LogP contribution in [0.15, 0.2) is 77.3 Å². The molecule has 1 aromatic heterocycles. The molecule has 150 valence electrons. The lowest BCUT2D eigenvalue weighted by atomic mass is 10.1. The van der Waals surface area contributed by atoms with E-state index in [1.54, 1.807) is 25.1 Å². The van der Waals surface area contributed by atoms with E-state index >= 15 is 0 Å². The molecule has 0 saturated heterocycles. The van der Waals surface area contributed by atoms with Gasteiger partial charge in [0.25, 0.3) is 5.91 Å². The van der Waals surface area contributed by atoms with Crippen molar-refractivity contribution >= 4 is 23.2 Å². The number of para-hydroxylation sites is 1. The van der Waals surface area contributed by atoms with Gasteiger partial charge < -0.3 is 14.6 Å². The van der Waals surface area contributed by atoms with Crippen molar-refractivity contribution in [3.05, 3.63) is 83.7 Å². The third-order valence-corrected chi connectivity index (χ3v) is 4.66. The minimum atomic E-state index is -0.328. The molecule has 4 aromatic rings. The third kappa shape index (κ3) is 4.50. The largest absolute Gasteiger partial charge is 0.482 e. The third-order valence-electron chi connectivity index (χ3n) is 4.37. The molecule has 7 heteroatoms. The van der Waals surface area contributed by atoms with Crippen LogP contribution in [0, 0.1) is 6.92 Å². The molecule has 0 radical (unpaired) electrons. The number of aromatic nitrogens is 2. The first-order chi connectivity index (χ1) is 14.6. The van der Waals surface area contributed by atoms with Crippen molar-refractivity contribution in [1.29, 1.82) is 0 Å². The molecule has 0 aliphatic rings. The Morgan fingerprint density at radius 3 is 2.53 bits per heavy atom. The Morgan fingerprint density at radius 1 is 1.03 bits per heavy atom. The van der Waals surface area contributed by atoms with Gasteiger partial charge in [0.05, 0.1) is 10.7 Å². The second-order valence-corrected chi connectivity index (χ2v) is 6.94. The first kappa shape index (κ1) is 19.7. The quantitative estimate of drug-likeness (QED) is 0.453. The Bertz CT molecular complexity index is 1180. The molecule has 0 unspecified atom stereocenters. The molecule has 0 spiro atoms. The van der Waals surface area contributed by atoms with Crippen molar-refractivity contribution in [2.45, 2.75) is 6.92 Å². The summed E-state index contributed by atoms with van der Waals surface area (Å²) in [4.78, 5) is 16.6. The molecule has 0 saturated carbocycles. The van der Waals surface area contributed by atoms with Crippen LogP contribution in [-0.4, -0.2) is 22.7 Å². The zero-order valence-corrected chi connectivity index (χ0v) is 16.9. The molecule has 0 aliphatic carbocycles. The topological polar surface area (TPSA) is 77.2 Å². The van der Waals surface area contributed by atoms with Crippen molar-refractivity contribution < 1.29 is 14.1 Å². The van der Waals surface area contributed by atoms with Gasteiger partial charge in [0.1, 0.15) is 5.75 Å². The van der Waals surface area contributed by atoms with E-state index in [9.17, 15) is 4.79 Å². The van der Waals surface area contributed by atoms with Gasteiger partial charge in [-0.05, 0) is 35.4 Å². The van der Waals surface area contributed by atoms with Crippen LogP contribution in [0.2, 0.25) is 5.02 Å². The SMILES string of the molecule is Cc1nc(-c2ccccc2NC(=O)COc2ccc(-c3ccccc3)cc2Cl)no1. The summed E-state index contributed by atoms with van der Waals surface area (Å²) >= 11 is 6.35. The molecule has 6 nitrogen and oxygen atoms in total. The molecule has 0 atom stereocenters. The number of hydrogen-bond acceptors (Lipinski definition) is 5. The maximum Gasteiger partial charge on any atom is 0.262 e. The van der Waals surface area contributed by atoms with Crippen LogP contribution in [0.1, 0.15) is 5.89 Å². The average Bonchev–Trinajstić information content (AvgIpc) is 3.20.